The number of hydrazone groups is 1. The molecular formula is C28H23N7O. The molecule has 0 atom stereocenters. The van der Waals surface area contributed by atoms with Gasteiger partial charge in [-0.15, -0.1) is 0 Å². The molecule has 0 saturated carbocycles. The quantitative estimate of drug-likeness (QED) is 0.164. The summed E-state index contributed by atoms with van der Waals surface area (Å²) in [5.41, 5.74) is 5.48. The summed E-state index contributed by atoms with van der Waals surface area (Å²) in [5, 5.41) is 10.7. The maximum atomic E-state index is 5.90. The van der Waals surface area contributed by atoms with E-state index < -0.39 is 0 Å². The van der Waals surface area contributed by atoms with E-state index in [4.69, 9.17) is 4.74 Å². The molecule has 5 rings (SSSR count). The molecule has 3 N–H and O–H groups in total. The van der Waals surface area contributed by atoms with Crippen molar-refractivity contribution in [3.05, 3.63) is 121 Å². The van der Waals surface area contributed by atoms with Crippen LogP contribution in [0.25, 0.3) is 0 Å². The van der Waals surface area contributed by atoms with Gasteiger partial charge in [-0.1, -0.05) is 66.7 Å². The van der Waals surface area contributed by atoms with Gasteiger partial charge in [-0.25, -0.2) is 5.43 Å². The summed E-state index contributed by atoms with van der Waals surface area (Å²) in [5.74, 6) is 2.53. The summed E-state index contributed by atoms with van der Waals surface area (Å²) in [6, 6.07) is 36.6. The zero-order valence-electron chi connectivity index (χ0n) is 19.2. The van der Waals surface area contributed by atoms with E-state index in [0.717, 1.165) is 22.7 Å². The van der Waals surface area contributed by atoms with Gasteiger partial charge in [-0.05, 0) is 54.1 Å². The molecule has 8 nitrogen and oxygen atoms in total. The average Bonchev–Trinajstić information content (AvgIpc) is 2.91. The smallest absolute Gasteiger partial charge is 0.250 e. The zero-order valence-corrected chi connectivity index (χ0v) is 19.2. The zero-order chi connectivity index (χ0) is 24.4. The lowest BCUT2D eigenvalue weighted by molar-refractivity contribution is 0.482. The van der Waals surface area contributed by atoms with Crippen molar-refractivity contribution < 1.29 is 4.74 Å². The number of aromatic nitrogens is 3. The van der Waals surface area contributed by atoms with Gasteiger partial charge in [-0.2, -0.15) is 20.1 Å². The van der Waals surface area contributed by atoms with E-state index in [1.807, 2.05) is 115 Å². The summed E-state index contributed by atoms with van der Waals surface area (Å²) < 4.78 is 5.90. The van der Waals surface area contributed by atoms with Gasteiger partial charge in [0.1, 0.15) is 11.5 Å². The van der Waals surface area contributed by atoms with Crippen LogP contribution < -0.4 is 20.8 Å². The van der Waals surface area contributed by atoms with E-state index in [1.165, 1.54) is 0 Å². The number of ether oxygens (including phenoxy) is 1. The van der Waals surface area contributed by atoms with Crippen LogP contribution in [0.5, 0.6) is 11.5 Å². The molecule has 5 aromatic rings. The summed E-state index contributed by atoms with van der Waals surface area (Å²) >= 11 is 0. The normalized spacial score (nSPS) is 10.7. The number of hydrogen-bond donors (Lipinski definition) is 3. The molecule has 0 radical (unpaired) electrons. The highest BCUT2D eigenvalue weighted by molar-refractivity contribution is 5.80. The summed E-state index contributed by atoms with van der Waals surface area (Å²) in [4.78, 5) is 13.4. The third kappa shape index (κ3) is 6.42. The van der Waals surface area contributed by atoms with Crippen molar-refractivity contribution in [2.75, 3.05) is 16.1 Å². The highest BCUT2D eigenvalue weighted by Gasteiger charge is 2.07. The van der Waals surface area contributed by atoms with Crippen LogP contribution in [-0.4, -0.2) is 21.2 Å². The van der Waals surface area contributed by atoms with Gasteiger partial charge in [-0.3, -0.25) is 0 Å². The van der Waals surface area contributed by atoms with Gasteiger partial charge in [0.05, 0.1) is 6.21 Å². The number of nitrogens with zero attached hydrogens (tertiary/aromatic N) is 4. The van der Waals surface area contributed by atoms with Crippen molar-refractivity contribution in [3.63, 3.8) is 0 Å². The number of anilines is 5. The van der Waals surface area contributed by atoms with E-state index >= 15 is 0 Å². The fraction of sp³-hybridized carbons (Fsp3) is 0. The van der Waals surface area contributed by atoms with E-state index in [1.54, 1.807) is 6.21 Å². The number of benzene rings is 4. The Kier molecular flexibility index (Phi) is 7.05. The highest BCUT2D eigenvalue weighted by Crippen LogP contribution is 2.22. The van der Waals surface area contributed by atoms with E-state index in [9.17, 15) is 0 Å². The molecule has 0 saturated heterocycles. The molecule has 1 heterocycles. The molecule has 0 unspecified atom stereocenters. The minimum atomic E-state index is 0.287. The highest BCUT2D eigenvalue weighted by atomic mass is 16.5. The van der Waals surface area contributed by atoms with Gasteiger partial charge in [0.25, 0.3) is 0 Å². The lowest BCUT2D eigenvalue weighted by atomic mass is 10.2. The Balaban J connectivity index is 1.33. The molecule has 0 amide bonds. The second-order valence-corrected chi connectivity index (χ2v) is 7.65. The molecule has 36 heavy (non-hydrogen) atoms. The third-order valence-electron chi connectivity index (χ3n) is 4.91. The largest absolute Gasteiger partial charge is 0.457 e. The second-order valence-electron chi connectivity index (χ2n) is 7.65. The van der Waals surface area contributed by atoms with Gasteiger partial charge in [0.2, 0.25) is 17.8 Å². The van der Waals surface area contributed by atoms with Crippen molar-refractivity contribution in [2.45, 2.75) is 0 Å². The topological polar surface area (TPSA) is 96.4 Å². The van der Waals surface area contributed by atoms with E-state index in [2.05, 4.69) is 36.1 Å². The first-order valence-electron chi connectivity index (χ1n) is 11.3. The molecule has 4 aromatic carbocycles. The SMILES string of the molecule is C(=N/Nc1nc(Nc2ccccc2)nc(Nc2ccccc2)n1)/c1cccc(Oc2ccccc2)c1. The van der Waals surface area contributed by atoms with Crippen molar-refractivity contribution in [3.8, 4) is 11.5 Å². The third-order valence-corrected chi connectivity index (χ3v) is 4.91. The Hall–Kier alpha value is -5.24. The first kappa shape index (κ1) is 22.5. The van der Waals surface area contributed by atoms with Crippen molar-refractivity contribution in [1.29, 1.82) is 0 Å². The number of para-hydroxylation sites is 3. The number of hydrogen-bond acceptors (Lipinski definition) is 8. The monoisotopic (exact) mass is 473 g/mol. The van der Waals surface area contributed by atoms with Crippen molar-refractivity contribution in [1.82, 2.24) is 15.0 Å². The minimum Gasteiger partial charge on any atom is -0.457 e. The van der Waals surface area contributed by atoms with Crippen LogP contribution in [0, 0.1) is 0 Å². The number of rotatable bonds is 9. The molecule has 0 bridgehead atoms. The fourth-order valence-corrected chi connectivity index (χ4v) is 3.29. The minimum absolute atomic E-state index is 0.287. The maximum absolute atomic E-state index is 5.90. The van der Waals surface area contributed by atoms with Crippen LogP contribution in [0.3, 0.4) is 0 Å². The molecule has 0 spiro atoms. The molecule has 8 heteroatoms. The first-order chi connectivity index (χ1) is 17.8. The summed E-state index contributed by atoms with van der Waals surface area (Å²) in [6.45, 7) is 0. The van der Waals surface area contributed by atoms with Crippen LogP contribution >= 0.6 is 0 Å². The van der Waals surface area contributed by atoms with Crippen LogP contribution in [0.15, 0.2) is 120 Å². The number of nitrogens with one attached hydrogen (secondary N) is 3. The summed E-state index contributed by atoms with van der Waals surface area (Å²) in [7, 11) is 0. The predicted octanol–water partition coefficient (Wildman–Crippen LogP) is 6.60. The van der Waals surface area contributed by atoms with E-state index in [-0.39, 0.29) is 5.95 Å². The van der Waals surface area contributed by atoms with Crippen LogP contribution in [-0.2, 0) is 0 Å². The van der Waals surface area contributed by atoms with Gasteiger partial charge in [0.15, 0.2) is 0 Å². The molecule has 0 aliphatic heterocycles. The molecule has 1 aromatic heterocycles. The average molecular weight is 474 g/mol. The van der Waals surface area contributed by atoms with Crippen LogP contribution in [0.2, 0.25) is 0 Å². The Bertz CT molecular complexity index is 1370. The maximum Gasteiger partial charge on any atom is 0.250 e. The Morgan fingerprint density at radius 2 is 1.08 bits per heavy atom. The Morgan fingerprint density at radius 3 is 1.69 bits per heavy atom. The summed E-state index contributed by atoms with van der Waals surface area (Å²) in [6.07, 6.45) is 1.68. The lowest BCUT2D eigenvalue weighted by Gasteiger charge is -2.10. The van der Waals surface area contributed by atoms with E-state index in [0.29, 0.717) is 17.6 Å². The molecular weight excluding hydrogens is 450 g/mol. The predicted molar refractivity (Wildman–Crippen MR) is 143 cm³/mol. The molecule has 0 aliphatic carbocycles. The lowest BCUT2D eigenvalue weighted by Crippen LogP contribution is -2.07. The molecule has 176 valence electrons. The Morgan fingerprint density at radius 1 is 0.556 bits per heavy atom. The standard InChI is InChI=1S/C28H23N7O/c1-4-12-22(13-5-1)30-26-32-27(31-23-14-6-2-7-15-23)34-28(33-26)35-29-20-21-11-10-18-25(19-21)36-24-16-8-3-9-17-24/h1-20H,(H3,30,31,32,33,34,35)/b29-20-. The van der Waals surface area contributed by atoms with Crippen molar-refractivity contribution in [2.24, 2.45) is 5.10 Å². The van der Waals surface area contributed by atoms with Gasteiger partial charge >= 0.3 is 0 Å². The molecule has 0 fully saturated rings. The Labute approximate surface area is 208 Å². The van der Waals surface area contributed by atoms with Crippen LogP contribution in [0.1, 0.15) is 5.56 Å². The first-order valence-corrected chi connectivity index (χ1v) is 11.3. The van der Waals surface area contributed by atoms with Crippen LogP contribution in [0.4, 0.5) is 29.2 Å². The van der Waals surface area contributed by atoms with Gasteiger partial charge < -0.3 is 15.4 Å². The fourth-order valence-electron chi connectivity index (χ4n) is 3.29. The van der Waals surface area contributed by atoms with Gasteiger partial charge in [0, 0.05) is 11.4 Å². The molecule has 0 aliphatic rings. The van der Waals surface area contributed by atoms with Crippen molar-refractivity contribution >= 4 is 35.4 Å². The second kappa shape index (κ2) is 11.3.